The summed E-state index contributed by atoms with van der Waals surface area (Å²) < 4.78 is 6.56. The third-order valence-electron chi connectivity index (χ3n) is 2.40. The number of carbonyl (C=O) groups excluding carboxylic acids is 1. The highest BCUT2D eigenvalue weighted by atomic mass is 127. The lowest BCUT2D eigenvalue weighted by molar-refractivity contribution is -0.118. The van der Waals surface area contributed by atoms with Gasteiger partial charge in [-0.3, -0.25) is 9.78 Å². The minimum atomic E-state index is -0.140. The second kappa shape index (κ2) is 3.58. The molecule has 0 saturated heterocycles. The van der Waals surface area contributed by atoms with Crippen LogP contribution in [0, 0.1) is 3.57 Å². The number of amides is 1. The highest BCUT2D eigenvalue weighted by molar-refractivity contribution is 14.1. The van der Waals surface area contributed by atoms with Gasteiger partial charge in [0.2, 0.25) is 0 Å². The van der Waals surface area contributed by atoms with Gasteiger partial charge in [-0.1, -0.05) is 0 Å². The molecule has 0 aliphatic carbocycles. The first-order valence-corrected chi connectivity index (χ1v) is 5.83. The van der Waals surface area contributed by atoms with Gasteiger partial charge in [0.25, 0.3) is 5.91 Å². The van der Waals surface area contributed by atoms with Crippen molar-refractivity contribution in [3.63, 3.8) is 0 Å². The molecule has 2 heterocycles. The Balaban J connectivity index is 2.30. The van der Waals surface area contributed by atoms with E-state index in [-0.39, 0.29) is 12.5 Å². The lowest BCUT2D eigenvalue weighted by Gasteiger charge is -2.18. The number of hydrogen-bond acceptors (Lipinski definition) is 3. The van der Waals surface area contributed by atoms with Gasteiger partial charge in [0, 0.05) is 8.96 Å². The van der Waals surface area contributed by atoms with Crippen LogP contribution in [0.15, 0.2) is 24.4 Å². The molecular weight excluding hydrogens is 319 g/mol. The Morgan fingerprint density at radius 2 is 2.31 bits per heavy atom. The van der Waals surface area contributed by atoms with Crippen molar-refractivity contribution in [3.05, 3.63) is 28.0 Å². The molecule has 0 spiro atoms. The lowest BCUT2D eigenvalue weighted by Crippen LogP contribution is -2.25. The predicted molar refractivity (Wildman–Crippen MR) is 68.6 cm³/mol. The number of ether oxygens (including phenoxy) is 1. The van der Waals surface area contributed by atoms with E-state index in [0.29, 0.717) is 11.4 Å². The van der Waals surface area contributed by atoms with Crippen LogP contribution in [-0.2, 0) is 4.79 Å². The fourth-order valence-electron chi connectivity index (χ4n) is 1.71. The molecule has 80 valence electrons. The number of benzene rings is 1. The maximum atomic E-state index is 11.2. The summed E-state index contributed by atoms with van der Waals surface area (Å²) in [6.07, 6.45) is 1.63. The molecule has 2 aromatic rings. The van der Waals surface area contributed by atoms with Crippen LogP contribution < -0.4 is 10.1 Å². The van der Waals surface area contributed by atoms with Crippen LogP contribution >= 0.6 is 22.6 Å². The van der Waals surface area contributed by atoms with Crippen LogP contribution in [-0.4, -0.2) is 17.5 Å². The number of rotatable bonds is 0. The zero-order valence-electron chi connectivity index (χ0n) is 8.16. The first-order chi connectivity index (χ1) is 7.74. The lowest BCUT2D eigenvalue weighted by atomic mass is 10.2. The monoisotopic (exact) mass is 326 g/mol. The first-order valence-electron chi connectivity index (χ1n) is 4.75. The number of halogens is 1. The Labute approximate surface area is 105 Å². The molecule has 0 atom stereocenters. The molecule has 1 aliphatic rings. The Hall–Kier alpha value is -1.37. The van der Waals surface area contributed by atoms with E-state index in [0.717, 1.165) is 14.5 Å². The summed E-state index contributed by atoms with van der Waals surface area (Å²) in [6, 6.07) is 5.93. The molecule has 5 heteroatoms. The summed E-state index contributed by atoms with van der Waals surface area (Å²) in [5, 5.41) is 3.68. The number of aromatic nitrogens is 1. The van der Waals surface area contributed by atoms with Crippen molar-refractivity contribution in [1.82, 2.24) is 4.98 Å². The fourth-order valence-corrected chi connectivity index (χ4v) is 2.20. The molecule has 0 saturated carbocycles. The molecule has 0 bridgehead atoms. The van der Waals surface area contributed by atoms with Crippen LogP contribution in [0.25, 0.3) is 10.9 Å². The smallest absolute Gasteiger partial charge is 0.262 e. The summed E-state index contributed by atoms with van der Waals surface area (Å²) >= 11 is 2.24. The minimum absolute atomic E-state index is 0.0671. The Morgan fingerprint density at radius 1 is 1.44 bits per heavy atom. The van der Waals surface area contributed by atoms with Crippen molar-refractivity contribution in [1.29, 1.82) is 0 Å². The molecule has 0 fully saturated rings. The van der Waals surface area contributed by atoms with Crippen LogP contribution in [0.2, 0.25) is 0 Å². The van der Waals surface area contributed by atoms with Crippen molar-refractivity contribution < 1.29 is 9.53 Å². The maximum absolute atomic E-state index is 11.2. The summed E-state index contributed by atoms with van der Waals surface area (Å²) in [6.45, 7) is 0.0671. The summed E-state index contributed by atoms with van der Waals surface area (Å²) in [7, 11) is 0. The van der Waals surface area contributed by atoms with Gasteiger partial charge in [0.1, 0.15) is 5.69 Å². The SMILES string of the molecule is O=C1COc2c(cnc3ccc(I)cc23)N1. The third-order valence-corrected chi connectivity index (χ3v) is 3.07. The average molecular weight is 326 g/mol. The van der Waals surface area contributed by atoms with Crippen LogP contribution in [0.4, 0.5) is 5.69 Å². The number of fused-ring (bicyclic) bond motifs is 3. The van der Waals surface area contributed by atoms with Crippen molar-refractivity contribution in [2.75, 3.05) is 11.9 Å². The molecule has 1 N–H and O–H groups in total. The standard InChI is InChI=1S/C11H7IN2O2/c12-6-1-2-8-7(3-6)11-9(4-13-8)14-10(15)5-16-11/h1-4H,5H2,(H,14,15). The van der Waals surface area contributed by atoms with Gasteiger partial charge >= 0.3 is 0 Å². The average Bonchev–Trinajstić information content (AvgIpc) is 2.28. The number of nitrogens with zero attached hydrogens (tertiary/aromatic N) is 1. The van der Waals surface area contributed by atoms with Crippen molar-refractivity contribution >= 4 is 45.1 Å². The molecule has 4 nitrogen and oxygen atoms in total. The molecule has 1 aromatic heterocycles. The number of hydrogen-bond donors (Lipinski definition) is 1. The van der Waals surface area contributed by atoms with Gasteiger partial charge in [-0.15, -0.1) is 0 Å². The second-order valence-corrected chi connectivity index (χ2v) is 4.74. The molecule has 0 unspecified atom stereocenters. The van der Waals surface area contributed by atoms with Gasteiger partial charge < -0.3 is 10.1 Å². The number of carbonyl (C=O) groups is 1. The maximum Gasteiger partial charge on any atom is 0.262 e. The van der Waals surface area contributed by atoms with E-state index in [2.05, 4.69) is 32.9 Å². The van der Waals surface area contributed by atoms with Crippen molar-refractivity contribution in [2.24, 2.45) is 0 Å². The van der Waals surface area contributed by atoms with E-state index in [1.807, 2.05) is 18.2 Å². The molecule has 0 radical (unpaired) electrons. The topological polar surface area (TPSA) is 51.2 Å². The zero-order chi connectivity index (χ0) is 11.1. The Kier molecular flexibility index (Phi) is 2.20. The Bertz CT molecular complexity index is 598. The first kappa shape index (κ1) is 9.83. The molecule has 3 rings (SSSR count). The molecule has 1 aromatic carbocycles. The fraction of sp³-hybridized carbons (Fsp3) is 0.0909. The van der Waals surface area contributed by atoms with Gasteiger partial charge in [-0.2, -0.15) is 0 Å². The largest absolute Gasteiger partial charge is 0.481 e. The van der Waals surface area contributed by atoms with E-state index in [9.17, 15) is 4.79 Å². The normalized spacial score (nSPS) is 14.2. The highest BCUT2D eigenvalue weighted by Crippen LogP contribution is 2.34. The van der Waals surface area contributed by atoms with Gasteiger partial charge in [-0.25, -0.2) is 0 Å². The van der Waals surface area contributed by atoms with Gasteiger partial charge in [0.05, 0.1) is 11.7 Å². The molecule has 1 amide bonds. The van der Waals surface area contributed by atoms with E-state index in [1.165, 1.54) is 0 Å². The number of anilines is 1. The molecular formula is C11H7IN2O2. The van der Waals surface area contributed by atoms with Gasteiger partial charge in [-0.05, 0) is 40.8 Å². The molecule has 1 aliphatic heterocycles. The van der Waals surface area contributed by atoms with Crippen molar-refractivity contribution in [3.8, 4) is 5.75 Å². The number of pyridine rings is 1. The predicted octanol–water partition coefficient (Wildman–Crippen LogP) is 2.17. The number of nitrogens with one attached hydrogen (secondary N) is 1. The van der Waals surface area contributed by atoms with E-state index in [1.54, 1.807) is 6.20 Å². The second-order valence-electron chi connectivity index (χ2n) is 3.50. The summed E-state index contributed by atoms with van der Waals surface area (Å²) in [4.78, 5) is 15.4. The van der Waals surface area contributed by atoms with Crippen molar-refractivity contribution in [2.45, 2.75) is 0 Å². The van der Waals surface area contributed by atoms with Crippen LogP contribution in [0.5, 0.6) is 5.75 Å². The minimum Gasteiger partial charge on any atom is -0.481 e. The van der Waals surface area contributed by atoms with Crippen LogP contribution in [0.1, 0.15) is 0 Å². The van der Waals surface area contributed by atoms with E-state index in [4.69, 9.17) is 4.74 Å². The van der Waals surface area contributed by atoms with E-state index < -0.39 is 0 Å². The quantitative estimate of drug-likeness (QED) is 0.755. The zero-order valence-corrected chi connectivity index (χ0v) is 10.3. The van der Waals surface area contributed by atoms with Crippen LogP contribution in [0.3, 0.4) is 0 Å². The highest BCUT2D eigenvalue weighted by Gasteiger charge is 2.18. The van der Waals surface area contributed by atoms with Gasteiger partial charge in [0.15, 0.2) is 12.4 Å². The molecule has 16 heavy (non-hydrogen) atoms. The summed E-state index contributed by atoms with van der Waals surface area (Å²) in [5.41, 5.74) is 1.51. The van der Waals surface area contributed by atoms with E-state index >= 15 is 0 Å². The summed E-state index contributed by atoms with van der Waals surface area (Å²) in [5.74, 6) is 0.572. The Morgan fingerprint density at radius 3 is 3.19 bits per heavy atom. The third kappa shape index (κ3) is 1.51.